The highest BCUT2D eigenvalue weighted by Crippen LogP contribution is 2.23. The predicted octanol–water partition coefficient (Wildman–Crippen LogP) is 2.88. The van der Waals surface area contributed by atoms with Gasteiger partial charge < -0.3 is 9.73 Å². The quantitative estimate of drug-likeness (QED) is 0.819. The van der Waals surface area contributed by atoms with Crippen molar-refractivity contribution in [3.05, 3.63) is 30.3 Å². The Morgan fingerprint density at radius 2 is 2.09 bits per heavy atom. The molecule has 7 heteroatoms. The van der Waals surface area contributed by atoms with Gasteiger partial charge in [-0.15, -0.1) is 10.2 Å². The lowest BCUT2D eigenvalue weighted by molar-refractivity contribution is -0.120. The van der Waals surface area contributed by atoms with E-state index in [9.17, 15) is 10.1 Å². The molecular formula is C16H18N4O2S. The van der Waals surface area contributed by atoms with Crippen molar-refractivity contribution >= 4 is 17.7 Å². The molecule has 0 saturated carbocycles. The molecule has 0 bridgehead atoms. The van der Waals surface area contributed by atoms with Gasteiger partial charge in [-0.05, 0) is 25.0 Å². The first-order chi connectivity index (χ1) is 10.9. The van der Waals surface area contributed by atoms with E-state index in [4.69, 9.17) is 4.42 Å². The summed E-state index contributed by atoms with van der Waals surface area (Å²) in [5.41, 5.74) is -0.0602. The largest absolute Gasteiger partial charge is 0.411 e. The molecule has 23 heavy (non-hydrogen) atoms. The second-order valence-corrected chi connectivity index (χ2v) is 6.47. The number of carbonyl (C=O) groups excluding carboxylic acids is 1. The van der Waals surface area contributed by atoms with Crippen molar-refractivity contribution in [2.75, 3.05) is 5.75 Å². The zero-order valence-corrected chi connectivity index (χ0v) is 14.1. The van der Waals surface area contributed by atoms with Gasteiger partial charge in [-0.1, -0.05) is 43.8 Å². The van der Waals surface area contributed by atoms with Gasteiger partial charge in [0, 0.05) is 5.56 Å². The van der Waals surface area contributed by atoms with Gasteiger partial charge in [-0.2, -0.15) is 5.26 Å². The molecule has 1 N–H and O–H groups in total. The van der Waals surface area contributed by atoms with Gasteiger partial charge in [0.1, 0.15) is 5.54 Å². The maximum Gasteiger partial charge on any atom is 0.277 e. The van der Waals surface area contributed by atoms with Gasteiger partial charge in [0.05, 0.1) is 11.8 Å². The summed E-state index contributed by atoms with van der Waals surface area (Å²) < 4.78 is 5.52. The second kappa shape index (κ2) is 7.29. The van der Waals surface area contributed by atoms with Crippen molar-refractivity contribution in [2.24, 2.45) is 5.92 Å². The first-order valence-electron chi connectivity index (χ1n) is 7.18. The predicted molar refractivity (Wildman–Crippen MR) is 87.5 cm³/mol. The Balaban J connectivity index is 1.93. The molecule has 0 radical (unpaired) electrons. The topological polar surface area (TPSA) is 91.8 Å². The summed E-state index contributed by atoms with van der Waals surface area (Å²) in [6.07, 6.45) is 0. The van der Waals surface area contributed by atoms with Crippen LogP contribution in [0.3, 0.4) is 0 Å². The highest BCUT2D eigenvalue weighted by Gasteiger charge is 2.30. The number of benzene rings is 1. The molecule has 1 amide bonds. The molecule has 2 aromatic rings. The maximum atomic E-state index is 12.0. The van der Waals surface area contributed by atoms with Crippen LogP contribution in [0.5, 0.6) is 0 Å². The fourth-order valence-electron chi connectivity index (χ4n) is 1.72. The monoisotopic (exact) mass is 330 g/mol. The smallest absolute Gasteiger partial charge is 0.277 e. The number of hydrogen-bond donors (Lipinski definition) is 1. The fraction of sp³-hybridized carbons (Fsp3) is 0.375. The highest BCUT2D eigenvalue weighted by molar-refractivity contribution is 7.99. The van der Waals surface area contributed by atoms with Crippen LogP contribution in [0, 0.1) is 17.2 Å². The Bertz CT molecular complexity index is 708. The van der Waals surface area contributed by atoms with E-state index in [1.807, 2.05) is 44.2 Å². The van der Waals surface area contributed by atoms with Crippen LogP contribution >= 0.6 is 11.8 Å². The first-order valence-corrected chi connectivity index (χ1v) is 8.17. The number of amides is 1. The molecule has 0 fully saturated rings. The molecule has 6 nitrogen and oxygen atoms in total. The third-order valence-electron chi connectivity index (χ3n) is 3.54. The number of nitriles is 1. The molecule has 120 valence electrons. The van der Waals surface area contributed by atoms with Crippen molar-refractivity contribution < 1.29 is 9.21 Å². The molecule has 0 spiro atoms. The van der Waals surface area contributed by atoms with Crippen LogP contribution in [0.4, 0.5) is 0 Å². The number of rotatable bonds is 6. The number of aromatic nitrogens is 2. The Hall–Kier alpha value is -2.33. The Kier molecular flexibility index (Phi) is 5.40. The van der Waals surface area contributed by atoms with Crippen LogP contribution in [0.1, 0.15) is 20.8 Å². The fourth-order valence-corrected chi connectivity index (χ4v) is 2.28. The normalized spacial score (nSPS) is 13.3. The Morgan fingerprint density at radius 1 is 1.39 bits per heavy atom. The number of nitrogens with zero attached hydrogens (tertiary/aromatic N) is 3. The van der Waals surface area contributed by atoms with Gasteiger partial charge in [0.25, 0.3) is 5.22 Å². The van der Waals surface area contributed by atoms with Crippen molar-refractivity contribution in [2.45, 2.75) is 31.5 Å². The first kappa shape index (κ1) is 17.0. The molecule has 1 heterocycles. The van der Waals surface area contributed by atoms with Crippen LogP contribution in [0.25, 0.3) is 11.5 Å². The summed E-state index contributed by atoms with van der Waals surface area (Å²) in [5.74, 6) is 0.291. The van der Waals surface area contributed by atoms with E-state index in [-0.39, 0.29) is 17.6 Å². The average Bonchev–Trinajstić information content (AvgIpc) is 3.02. The second-order valence-electron chi connectivity index (χ2n) is 5.54. The van der Waals surface area contributed by atoms with Crippen LogP contribution < -0.4 is 5.32 Å². The minimum absolute atomic E-state index is 0.00883. The summed E-state index contributed by atoms with van der Waals surface area (Å²) in [4.78, 5) is 12.0. The van der Waals surface area contributed by atoms with Crippen molar-refractivity contribution in [1.82, 2.24) is 15.5 Å². The maximum absolute atomic E-state index is 12.0. The number of nitrogens with one attached hydrogen (secondary N) is 1. The Labute approximate surface area is 139 Å². The molecule has 0 unspecified atom stereocenters. The molecular weight excluding hydrogens is 312 g/mol. The van der Waals surface area contributed by atoms with E-state index in [0.717, 1.165) is 17.3 Å². The highest BCUT2D eigenvalue weighted by atomic mass is 32.2. The van der Waals surface area contributed by atoms with Crippen LogP contribution in [-0.2, 0) is 4.79 Å². The summed E-state index contributed by atoms with van der Waals surface area (Å²) in [6.45, 7) is 5.49. The lowest BCUT2D eigenvalue weighted by atomic mass is 9.90. The van der Waals surface area contributed by atoms with Crippen LogP contribution in [0.15, 0.2) is 40.0 Å². The average molecular weight is 330 g/mol. The SMILES string of the molecule is CC(C)[C@@](C)(C#N)NC(=O)CSc1nnc(-c2ccccc2)o1. The number of hydrogen-bond acceptors (Lipinski definition) is 6. The Morgan fingerprint density at radius 3 is 2.70 bits per heavy atom. The van der Waals surface area contributed by atoms with Gasteiger partial charge in [0.2, 0.25) is 11.8 Å². The van der Waals surface area contributed by atoms with Gasteiger partial charge in [-0.3, -0.25) is 4.79 Å². The lowest BCUT2D eigenvalue weighted by Gasteiger charge is -2.27. The van der Waals surface area contributed by atoms with E-state index in [0.29, 0.717) is 11.1 Å². The van der Waals surface area contributed by atoms with Crippen molar-refractivity contribution in [1.29, 1.82) is 5.26 Å². The molecule has 0 aliphatic carbocycles. The summed E-state index contributed by atoms with van der Waals surface area (Å²) in [6, 6.07) is 11.6. The van der Waals surface area contributed by atoms with Gasteiger partial charge in [-0.25, -0.2) is 0 Å². The molecule has 2 rings (SSSR count). The van der Waals surface area contributed by atoms with Crippen molar-refractivity contribution in [3.63, 3.8) is 0 Å². The summed E-state index contributed by atoms with van der Waals surface area (Å²) in [5, 5.41) is 20.1. The third kappa shape index (κ3) is 4.33. The molecule has 1 aromatic heterocycles. The van der Waals surface area contributed by atoms with Crippen LogP contribution in [-0.4, -0.2) is 27.4 Å². The van der Waals surface area contributed by atoms with E-state index >= 15 is 0 Å². The molecule has 0 aliphatic rings. The number of carbonyl (C=O) groups is 1. The molecule has 0 saturated heterocycles. The molecule has 1 aromatic carbocycles. The summed E-state index contributed by atoms with van der Waals surface area (Å²) in [7, 11) is 0. The minimum atomic E-state index is -0.887. The summed E-state index contributed by atoms with van der Waals surface area (Å²) >= 11 is 1.15. The molecule has 0 aliphatic heterocycles. The van der Waals surface area contributed by atoms with Crippen LogP contribution in [0.2, 0.25) is 0 Å². The van der Waals surface area contributed by atoms with E-state index in [1.165, 1.54) is 0 Å². The standard InChI is InChI=1S/C16H18N4O2S/c1-11(2)16(3,10-17)18-13(21)9-23-15-20-19-14(22-15)12-7-5-4-6-8-12/h4-8,11H,9H2,1-3H3,(H,18,21)/t16-/m1/s1. The van der Waals surface area contributed by atoms with E-state index in [2.05, 4.69) is 21.6 Å². The van der Waals surface area contributed by atoms with Gasteiger partial charge >= 0.3 is 0 Å². The zero-order valence-electron chi connectivity index (χ0n) is 13.2. The zero-order chi connectivity index (χ0) is 16.9. The van der Waals surface area contributed by atoms with E-state index in [1.54, 1.807) is 6.92 Å². The van der Waals surface area contributed by atoms with E-state index < -0.39 is 5.54 Å². The lowest BCUT2D eigenvalue weighted by Crippen LogP contribution is -2.49. The molecule has 1 atom stereocenters. The van der Waals surface area contributed by atoms with Gasteiger partial charge in [0.15, 0.2) is 0 Å². The third-order valence-corrected chi connectivity index (χ3v) is 4.36. The minimum Gasteiger partial charge on any atom is -0.411 e. The number of thioether (sulfide) groups is 1. The van der Waals surface area contributed by atoms with Crippen molar-refractivity contribution in [3.8, 4) is 17.5 Å².